The number of nitrogens with zero attached hydrogens (tertiary/aromatic N) is 3. The molecule has 1 saturated heterocycles. The molecule has 3 heterocycles. The summed E-state index contributed by atoms with van der Waals surface area (Å²) in [7, 11) is 1.80. The Kier molecular flexibility index (Phi) is 6.15. The molecule has 1 spiro atoms. The SMILES string of the molecule is CN(C(=O)/C=C/c1ccoc1)[C@@H]1CC[C@H]2[C@H]3Cc4c([N+](=O)[O-])cc(O)c5c4[C@@]2(CCN3CCc2ccccc2)[C@H]1O5. The maximum absolute atomic E-state index is 13.3. The molecule has 4 aliphatic rings. The number of nitro benzene ring substituents is 1. The Hall–Kier alpha value is -4.11. The minimum atomic E-state index is -0.494. The molecule has 1 saturated carbocycles. The van der Waals surface area contributed by atoms with Crippen LogP contribution in [0.1, 0.15) is 41.5 Å². The lowest BCUT2D eigenvalue weighted by molar-refractivity contribution is -0.385. The number of furan rings is 1. The van der Waals surface area contributed by atoms with E-state index >= 15 is 0 Å². The van der Waals surface area contributed by atoms with E-state index in [1.165, 1.54) is 11.6 Å². The summed E-state index contributed by atoms with van der Waals surface area (Å²) in [6, 6.07) is 13.3. The Balaban J connectivity index is 1.26. The van der Waals surface area contributed by atoms with Crippen molar-refractivity contribution in [3.8, 4) is 11.5 Å². The van der Waals surface area contributed by atoms with Crippen LogP contribution in [0.25, 0.3) is 6.08 Å². The van der Waals surface area contributed by atoms with Crippen LogP contribution in [-0.2, 0) is 23.1 Å². The van der Waals surface area contributed by atoms with E-state index < -0.39 is 11.5 Å². The van der Waals surface area contributed by atoms with E-state index in [1.54, 1.807) is 42.7 Å². The van der Waals surface area contributed by atoms with Crippen LogP contribution in [0.4, 0.5) is 5.69 Å². The zero-order valence-corrected chi connectivity index (χ0v) is 22.9. The molecule has 212 valence electrons. The normalized spacial score (nSPS) is 27.8. The van der Waals surface area contributed by atoms with Gasteiger partial charge >= 0.3 is 0 Å². The molecule has 0 radical (unpaired) electrons. The lowest BCUT2D eigenvalue weighted by atomic mass is 9.50. The molecule has 1 amide bonds. The summed E-state index contributed by atoms with van der Waals surface area (Å²) in [5, 5.41) is 23.2. The van der Waals surface area contributed by atoms with Gasteiger partial charge in [-0.2, -0.15) is 0 Å². The monoisotopic (exact) mass is 555 g/mol. The van der Waals surface area contributed by atoms with Gasteiger partial charge in [0.1, 0.15) is 6.10 Å². The van der Waals surface area contributed by atoms with Crippen molar-refractivity contribution in [3.63, 3.8) is 0 Å². The van der Waals surface area contributed by atoms with Gasteiger partial charge in [0.2, 0.25) is 5.91 Å². The highest BCUT2D eigenvalue weighted by molar-refractivity contribution is 5.92. The maximum Gasteiger partial charge on any atom is 0.276 e. The predicted molar refractivity (Wildman–Crippen MR) is 152 cm³/mol. The van der Waals surface area contributed by atoms with Gasteiger partial charge in [-0.05, 0) is 62.3 Å². The van der Waals surface area contributed by atoms with E-state index in [0.717, 1.165) is 49.9 Å². The van der Waals surface area contributed by atoms with Crippen molar-refractivity contribution in [2.24, 2.45) is 5.92 Å². The van der Waals surface area contributed by atoms with Crippen molar-refractivity contribution in [1.29, 1.82) is 0 Å². The zero-order chi connectivity index (χ0) is 28.3. The molecule has 5 atom stereocenters. The fourth-order valence-electron chi connectivity index (χ4n) is 8.24. The molecule has 9 nitrogen and oxygen atoms in total. The number of likely N-dealkylation sites (tertiary alicyclic amines) is 1. The average Bonchev–Trinajstić information content (AvgIpc) is 3.62. The summed E-state index contributed by atoms with van der Waals surface area (Å²) >= 11 is 0. The summed E-state index contributed by atoms with van der Waals surface area (Å²) in [4.78, 5) is 29.4. The molecule has 2 bridgehead atoms. The smallest absolute Gasteiger partial charge is 0.276 e. The number of phenols is 1. The van der Waals surface area contributed by atoms with Crippen molar-refractivity contribution in [1.82, 2.24) is 9.80 Å². The average molecular weight is 556 g/mol. The Morgan fingerprint density at radius 3 is 2.85 bits per heavy atom. The molecular formula is C32H33N3O6. The van der Waals surface area contributed by atoms with Crippen LogP contribution in [-0.4, -0.2) is 64.1 Å². The molecule has 41 heavy (non-hydrogen) atoms. The summed E-state index contributed by atoms with van der Waals surface area (Å²) in [5.41, 5.74) is 3.05. The summed E-state index contributed by atoms with van der Waals surface area (Å²) in [5.74, 6) is 0.260. The number of amides is 1. The standard InChI is InChI=1S/C32H33N3O6/c1-33(28(37)10-7-21-12-16-40-19-21)24-9-8-23-26-17-22-25(35(38)39)18-27(36)30-29(22)32(23,31(24)41-30)13-15-34(26)14-11-20-5-3-2-4-6-20/h2-7,10,12,16,18-19,23-24,26,31,36H,8-9,11,13-15,17H2,1H3/b10-7+/t23-,24+,26+,31-,32-/m0/s1. The third-order valence-electron chi connectivity index (χ3n) is 10.0. The molecule has 7 rings (SSSR count). The predicted octanol–water partition coefficient (Wildman–Crippen LogP) is 4.72. The quantitative estimate of drug-likeness (QED) is 0.255. The van der Waals surface area contributed by atoms with Crippen molar-refractivity contribution in [3.05, 3.63) is 93.4 Å². The first kappa shape index (κ1) is 25.8. The lowest BCUT2D eigenvalue weighted by Crippen LogP contribution is -2.69. The summed E-state index contributed by atoms with van der Waals surface area (Å²) in [6.45, 7) is 1.71. The topological polar surface area (TPSA) is 109 Å². The van der Waals surface area contributed by atoms with Crippen LogP contribution in [0.5, 0.6) is 11.5 Å². The highest BCUT2D eigenvalue weighted by atomic mass is 16.6. The molecule has 2 aliphatic carbocycles. The Labute approximate surface area is 238 Å². The number of hydrogen-bond donors (Lipinski definition) is 1. The van der Waals surface area contributed by atoms with Crippen LogP contribution in [0, 0.1) is 16.0 Å². The van der Waals surface area contributed by atoms with Crippen molar-refractivity contribution in [2.75, 3.05) is 20.1 Å². The van der Waals surface area contributed by atoms with Crippen LogP contribution < -0.4 is 4.74 Å². The zero-order valence-electron chi connectivity index (χ0n) is 22.9. The number of rotatable bonds is 7. The number of piperidine rings is 1. The molecule has 0 unspecified atom stereocenters. The number of carbonyl (C=O) groups is 1. The van der Waals surface area contributed by atoms with Crippen LogP contribution in [0.15, 0.2) is 65.5 Å². The molecule has 2 fully saturated rings. The second-order valence-corrected chi connectivity index (χ2v) is 11.8. The number of carbonyl (C=O) groups excluding carboxylic acids is 1. The number of phenolic OH excluding ortho intramolecular Hbond substituents is 1. The van der Waals surface area contributed by atoms with Gasteiger partial charge in [0.15, 0.2) is 11.5 Å². The van der Waals surface area contributed by atoms with Gasteiger partial charge in [-0.1, -0.05) is 30.3 Å². The molecule has 1 aromatic heterocycles. The highest BCUT2D eigenvalue weighted by Gasteiger charge is 2.67. The van der Waals surface area contributed by atoms with Crippen molar-refractivity contribution < 1.29 is 24.0 Å². The van der Waals surface area contributed by atoms with Crippen LogP contribution in [0.3, 0.4) is 0 Å². The Morgan fingerprint density at radius 2 is 2.10 bits per heavy atom. The molecule has 3 aromatic rings. The maximum atomic E-state index is 13.3. The minimum absolute atomic E-state index is 0.0344. The van der Waals surface area contributed by atoms with E-state index in [1.807, 2.05) is 6.07 Å². The molecule has 9 heteroatoms. The van der Waals surface area contributed by atoms with E-state index in [-0.39, 0.29) is 40.3 Å². The van der Waals surface area contributed by atoms with Crippen LogP contribution in [0.2, 0.25) is 0 Å². The minimum Gasteiger partial charge on any atom is -0.504 e. The van der Waals surface area contributed by atoms with Crippen LogP contribution >= 0.6 is 0 Å². The molecule has 2 aromatic carbocycles. The van der Waals surface area contributed by atoms with Crippen molar-refractivity contribution >= 4 is 17.7 Å². The van der Waals surface area contributed by atoms with Gasteiger partial charge in [-0.15, -0.1) is 0 Å². The van der Waals surface area contributed by atoms with E-state index in [0.29, 0.717) is 17.7 Å². The number of likely N-dealkylation sites (N-methyl/N-ethyl adjacent to an activating group) is 1. The number of aromatic hydroxyl groups is 1. The molecular weight excluding hydrogens is 522 g/mol. The molecule has 2 aliphatic heterocycles. The first-order chi connectivity index (χ1) is 19.9. The van der Waals surface area contributed by atoms with E-state index in [9.17, 15) is 20.0 Å². The second-order valence-electron chi connectivity index (χ2n) is 11.8. The first-order valence-corrected chi connectivity index (χ1v) is 14.3. The lowest BCUT2D eigenvalue weighted by Gasteiger charge is -2.60. The summed E-state index contributed by atoms with van der Waals surface area (Å²) < 4.78 is 11.7. The molecule has 1 N–H and O–H groups in total. The fourth-order valence-corrected chi connectivity index (χ4v) is 8.24. The second kappa shape index (κ2) is 9.76. The van der Waals surface area contributed by atoms with E-state index in [4.69, 9.17) is 9.15 Å². The third-order valence-corrected chi connectivity index (χ3v) is 10.0. The van der Waals surface area contributed by atoms with Crippen molar-refractivity contribution in [2.45, 2.75) is 55.7 Å². The van der Waals surface area contributed by atoms with Gasteiger partial charge in [-0.25, -0.2) is 0 Å². The number of benzene rings is 2. The summed E-state index contributed by atoms with van der Waals surface area (Å²) in [6.07, 6.45) is 9.89. The first-order valence-electron chi connectivity index (χ1n) is 14.3. The van der Waals surface area contributed by atoms with Gasteiger partial charge in [0.05, 0.1) is 29.6 Å². The van der Waals surface area contributed by atoms with Gasteiger partial charge < -0.3 is 19.2 Å². The largest absolute Gasteiger partial charge is 0.504 e. The van der Waals surface area contributed by atoms with Gasteiger partial charge in [-0.3, -0.25) is 19.8 Å². The van der Waals surface area contributed by atoms with Gasteiger partial charge in [0, 0.05) is 47.8 Å². The van der Waals surface area contributed by atoms with E-state index in [2.05, 4.69) is 29.2 Å². The number of nitro groups is 1. The third kappa shape index (κ3) is 3.97. The Bertz CT molecular complexity index is 1520. The Morgan fingerprint density at radius 1 is 1.27 bits per heavy atom. The fraction of sp³-hybridized carbons (Fsp3) is 0.406. The number of ether oxygens (including phenoxy) is 1. The van der Waals surface area contributed by atoms with Gasteiger partial charge in [0.25, 0.3) is 5.69 Å². The number of hydrogen-bond acceptors (Lipinski definition) is 7. The highest BCUT2D eigenvalue weighted by Crippen LogP contribution is 2.65.